The van der Waals surface area contributed by atoms with Gasteiger partial charge >= 0.3 is 13.6 Å². The molecule has 7 nitrogen and oxygen atoms in total. The summed E-state index contributed by atoms with van der Waals surface area (Å²) in [7, 11) is -2.46. The lowest BCUT2D eigenvalue weighted by atomic mass is 10.2. The molecule has 0 heterocycles. The number of carbonyl (C=O) groups excluding carboxylic acids is 2. The lowest BCUT2D eigenvalue weighted by Crippen LogP contribution is -2.44. The highest BCUT2D eigenvalue weighted by molar-refractivity contribution is 7.55. The molecular weight excluding hydrogens is 261 g/mol. The van der Waals surface area contributed by atoms with E-state index in [0.29, 0.717) is 6.41 Å². The van der Waals surface area contributed by atoms with Gasteiger partial charge < -0.3 is 19.1 Å². The lowest BCUT2D eigenvalue weighted by Gasteiger charge is -2.34. The van der Waals surface area contributed by atoms with E-state index in [1.807, 2.05) is 0 Å². The summed E-state index contributed by atoms with van der Waals surface area (Å²) in [4.78, 5) is 22.0. The molecular formula is C10H20NO6P. The molecule has 18 heavy (non-hydrogen) atoms. The normalized spacial score (nSPS) is 14.7. The first-order chi connectivity index (χ1) is 8.39. The molecule has 0 rings (SSSR count). The molecule has 0 unspecified atom stereocenters. The van der Waals surface area contributed by atoms with Crippen molar-refractivity contribution in [1.82, 2.24) is 5.32 Å². The number of rotatable bonds is 9. The minimum Gasteiger partial charge on any atom is -0.469 e. The van der Waals surface area contributed by atoms with Gasteiger partial charge in [-0.1, -0.05) is 0 Å². The smallest absolute Gasteiger partial charge is 0.356 e. The average molecular weight is 281 g/mol. The molecule has 0 bridgehead atoms. The molecule has 0 aliphatic carbocycles. The third-order valence-electron chi connectivity index (χ3n) is 2.29. The number of methoxy groups -OCH3 is 1. The average Bonchev–Trinajstić information content (AvgIpc) is 2.29. The summed E-state index contributed by atoms with van der Waals surface area (Å²) in [5.74, 6) is -0.619. The molecule has 0 aliphatic rings. The Morgan fingerprint density at radius 3 is 2.17 bits per heavy atom. The SMILES string of the molecule is CCOP(=O)(OCC)[C@](C)(CC(=O)OC)NC=O. The largest absolute Gasteiger partial charge is 0.469 e. The van der Waals surface area contributed by atoms with Crippen molar-refractivity contribution < 1.29 is 27.9 Å². The van der Waals surface area contributed by atoms with Crippen LogP contribution < -0.4 is 5.32 Å². The maximum atomic E-state index is 12.6. The summed E-state index contributed by atoms with van der Waals surface area (Å²) >= 11 is 0. The van der Waals surface area contributed by atoms with E-state index in [9.17, 15) is 14.2 Å². The number of nitrogens with one attached hydrogen (secondary N) is 1. The van der Waals surface area contributed by atoms with E-state index < -0.39 is 18.8 Å². The highest BCUT2D eigenvalue weighted by atomic mass is 31.2. The Morgan fingerprint density at radius 1 is 1.33 bits per heavy atom. The molecule has 0 saturated heterocycles. The molecule has 0 fully saturated rings. The third-order valence-corrected chi connectivity index (χ3v) is 4.98. The first-order valence-electron chi connectivity index (χ1n) is 5.56. The summed E-state index contributed by atoms with van der Waals surface area (Å²) in [6.45, 7) is 4.98. The van der Waals surface area contributed by atoms with E-state index in [0.717, 1.165) is 0 Å². The van der Waals surface area contributed by atoms with Gasteiger partial charge in [-0.3, -0.25) is 14.2 Å². The maximum absolute atomic E-state index is 12.6. The number of esters is 1. The third kappa shape index (κ3) is 4.08. The zero-order valence-electron chi connectivity index (χ0n) is 11.1. The Bertz CT molecular complexity index is 324. The van der Waals surface area contributed by atoms with Gasteiger partial charge in [0.2, 0.25) is 6.41 Å². The zero-order valence-corrected chi connectivity index (χ0v) is 12.0. The van der Waals surface area contributed by atoms with Crippen LogP contribution in [0.25, 0.3) is 0 Å². The monoisotopic (exact) mass is 281 g/mol. The van der Waals surface area contributed by atoms with Crippen LogP contribution in [0, 0.1) is 0 Å². The molecule has 0 aliphatic heterocycles. The number of hydrogen-bond acceptors (Lipinski definition) is 6. The van der Waals surface area contributed by atoms with Crippen molar-refractivity contribution in [2.24, 2.45) is 0 Å². The second kappa shape index (κ2) is 7.51. The van der Waals surface area contributed by atoms with Crippen molar-refractivity contribution in [3.8, 4) is 0 Å². The van der Waals surface area contributed by atoms with E-state index in [4.69, 9.17) is 9.05 Å². The predicted molar refractivity (Wildman–Crippen MR) is 65.1 cm³/mol. The first kappa shape index (κ1) is 17.1. The van der Waals surface area contributed by atoms with Crippen LogP contribution in [0.2, 0.25) is 0 Å². The molecule has 0 aromatic carbocycles. The van der Waals surface area contributed by atoms with E-state index in [1.165, 1.54) is 14.0 Å². The summed E-state index contributed by atoms with van der Waals surface area (Å²) in [5.41, 5.74) is 0. The van der Waals surface area contributed by atoms with Crippen LogP contribution in [-0.2, 0) is 27.9 Å². The molecule has 0 aromatic heterocycles. The molecule has 0 aromatic rings. The second-order valence-corrected chi connectivity index (χ2v) is 6.12. The highest BCUT2D eigenvalue weighted by Gasteiger charge is 2.49. The van der Waals surface area contributed by atoms with Crippen LogP contribution in [0.1, 0.15) is 27.2 Å². The van der Waals surface area contributed by atoms with Crippen molar-refractivity contribution in [2.75, 3.05) is 20.3 Å². The molecule has 0 spiro atoms. The Morgan fingerprint density at radius 2 is 1.83 bits per heavy atom. The predicted octanol–water partition coefficient (Wildman–Crippen LogP) is 1.28. The van der Waals surface area contributed by atoms with Gasteiger partial charge in [-0.15, -0.1) is 0 Å². The van der Waals surface area contributed by atoms with E-state index in [2.05, 4.69) is 10.1 Å². The van der Waals surface area contributed by atoms with Crippen molar-refractivity contribution in [3.05, 3.63) is 0 Å². The molecule has 106 valence electrons. The van der Waals surface area contributed by atoms with Crippen molar-refractivity contribution >= 4 is 20.0 Å². The van der Waals surface area contributed by atoms with Gasteiger partial charge in [-0.25, -0.2) is 0 Å². The molecule has 0 radical (unpaired) electrons. The van der Waals surface area contributed by atoms with E-state index in [-0.39, 0.29) is 19.6 Å². The minimum absolute atomic E-state index is 0.134. The zero-order chi connectivity index (χ0) is 14.2. The van der Waals surface area contributed by atoms with Gasteiger partial charge in [-0.05, 0) is 20.8 Å². The van der Waals surface area contributed by atoms with E-state index in [1.54, 1.807) is 13.8 Å². The number of carbonyl (C=O) groups is 2. The molecule has 1 N–H and O–H groups in total. The first-order valence-corrected chi connectivity index (χ1v) is 7.10. The van der Waals surface area contributed by atoms with Gasteiger partial charge in [0.15, 0.2) is 0 Å². The Hall–Kier alpha value is -0.910. The van der Waals surface area contributed by atoms with Gasteiger partial charge in [0.05, 0.1) is 26.7 Å². The minimum atomic E-state index is -3.67. The Labute approximate surface area is 107 Å². The topological polar surface area (TPSA) is 90.9 Å². The standard InChI is InChI=1S/C10H20NO6P/c1-5-16-18(14,17-6-2)10(3,11-8-12)7-9(13)15-4/h8H,5-7H2,1-4H3,(H,11,12)/t10-/m1/s1. The Balaban J connectivity index is 5.29. The van der Waals surface area contributed by atoms with Crippen molar-refractivity contribution in [2.45, 2.75) is 32.5 Å². The van der Waals surface area contributed by atoms with Gasteiger partial charge in [0.1, 0.15) is 5.28 Å². The summed E-state index contributed by atoms with van der Waals surface area (Å²) < 4.78 is 27.4. The summed E-state index contributed by atoms with van der Waals surface area (Å²) in [5, 5.41) is 0.889. The maximum Gasteiger partial charge on any atom is 0.356 e. The number of hydrogen-bond donors (Lipinski definition) is 1. The summed E-state index contributed by atoms with van der Waals surface area (Å²) in [6.07, 6.45) is 0.0488. The van der Waals surface area contributed by atoms with Gasteiger partial charge in [-0.2, -0.15) is 0 Å². The number of amides is 1. The molecule has 1 amide bonds. The van der Waals surface area contributed by atoms with Crippen LogP contribution in [0.15, 0.2) is 0 Å². The molecule has 0 saturated carbocycles. The molecule has 1 atom stereocenters. The van der Waals surface area contributed by atoms with Crippen molar-refractivity contribution in [3.63, 3.8) is 0 Å². The van der Waals surface area contributed by atoms with Crippen LogP contribution in [-0.4, -0.2) is 38.0 Å². The van der Waals surface area contributed by atoms with Gasteiger partial charge in [0.25, 0.3) is 0 Å². The van der Waals surface area contributed by atoms with Crippen LogP contribution in [0.4, 0.5) is 0 Å². The van der Waals surface area contributed by atoms with Crippen LogP contribution in [0.3, 0.4) is 0 Å². The Kier molecular flexibility index (Phi) is 7.13. The quantitative estimate of drug-likeness (QED) is 0.389. The fourth-order valence-electron chi connectivity index (χ4n) is 1.37. The summed E-state index contributed by atoms with van der Waals surface area (Å²) in [6, 6.07) is 0. The lowest BCUT2D eigenvalue weighted by molar-refractivity contribution is -0.141. The number of ether oxygens (including phenoxy) is 1. The van der Waals surface area contributed by atoms with Crippen LogP contribution in [0.5, 0.6) is 0 Å². The second-order valence-electron chi connectivity index (χ2n) is 3.62. The fourth-order valence-corrected chi connectivity index (χ4v) is 3.23. The van der Waals surface area contributed by atoms with Crippen molar-refractivity contribution in [1.29, 1.82) is 0 Å². The fraction of sp³-hybridized carbons (Fsp3) is 0.800. The van der Waals surface area contributed by atoms with Crippen LogP contribution >= 0.6 is 7.60 Å². The highest BCUT2D eigenvalue weighted by Crippen LogP contribution is 2.59. The van der Waals surface area contributed by atoms with Gasteiger partial charge in [0, 0.05) is 0 Å². The van der Waals surface area contributed by atoms with E-state index >= 15 is 0 Å². The molecule has 8 heteroatoms.